The Labute approximate surface area is 130 Å². The van der Waals surface area contributed by atoms with E-state index in [0.717, 1.165) is 12.8 Å². The SMILES string of the molecule is COc1ccc(F)cc1OC1CC(CC(=O)OC(C)(C)C)C1. The fraction of sp³-hybridized carbons (Fsp3) is 0.588. The van der Waals surface area contributed by atoms with Gasteiger partial charge in [0.2, 0.25) is 0 Å². The van der Waals surface area contributed by atoms with Crippen molar-refractivity contribution in [3.05, 3.63) is 24.0 Å². The molecule has 1 fully saturated rings. The van der Waals surface area contributed by atoms with Gasteiger partial charge in [-0.25, -0.2) is 4.39 Å². The maximum atomic E-state index is 13.3. The Balaban J connectivity index is 1.80. The van der Waals surface area contributed by atoms with Gasteiger partial charge in [-0.3, -0.25) is 4.79 Å². The zero-order valence-electron chi connectivity index (χ0n) is 13.5. The molecular weight excluding hydrogens is 287 g/mol. The number of benzene rings is 1. The minimum atomic E-state index is -0.453. The molecule has 122 valence electrons. The van der Waals surface area contributed by atoms with Crippen LogP contribution in [-0.2, 0) is 9.53 Å². The van der Waals surface area contributed by atoms with Gasteiger partial charge in [-0.2, -0.15) is 0 Å². The molecule has 0 radical (unpaired) electrons. The average Bonchev–Trinajstić information content (AvgIpc) is 2.34. The third-order valence-electron chi connectivity index (χ3n) is 3.49. The molecule has 22 heavy (non-hydrogen) atoms. The average molecular weight is 310 g/mol. The van der Waals surface area contributed by atoms with Crippen molar-refractivity contribution in [1.29, 1.82) is 0 Å². The highest BCUT2D eigenvalue weighted by Crippen LogP contribution is 2.37. The van der Waals surface area contributed by atoms with Crippen LogP contribution in [0.3, 0.4) is 0 Å². The van der Waals surface area contributed by atoms with Crippen LogP contribution in [0.5, 0.6) is 11.5 Å². The Morgan fingerprint density at radius 1 is 1.27 bits per heavy atom. The van der Waals surface area contributed by atoms with Gasteiger partial charge in [-0.15, -0.1) is 0 Å². The third kappa shape index (κ3) is 4.61. The van der Waals surface area contributed by atoms with Gasteiger partial charge in [-0.05, 0) is 51.7 Å². The normalized spacial score (nSPS) is 21.0. The topological polar surface area (TPSA) is 44.8 Å². The molecule has 1 aromatic carbocycles. The molecule has 0 atom stereocenters. The Morgan fingerprint density at radius 3 is 2.55 bits per heavy atom. The summed E-state index contributed by atoms with van der Waals surface area (Å²) in [7, 11) is 1.52. The number of carbonyl (C=O) groups is 1. The first-order valence-electron chi connectivity index (χ1n) is 7.49. The van der Waals surface area contributed by atoms with Gasteiger partial charge in [-0.1, -0.05) is 0 Å². The summed E-state index contributed by atoms with van der Waals surface area (Å²) >= 11 is 0. The lowest BCUT2D eigenvalue weighted by atomic mass is 9.80. The second-order valence-electron chi connectivity index (χ2n) is 6.66. The number of ether oxygens (including phenoxy) is 3. The number of methoxy groups -OCH3 is 1. The summed E-state index contributed by atoms with van der Waals surface area (Å²) in [5, 5.41) is 0. The zero-order chi connectivity index (χ0) is 16.3. The van der Waals surface area contributed by atoms with Crippen LogP contribution in [0.4, 0.5) is 4.39 Å². The standard InChI is InChI=1S/C17H23FO4/c1-17(2,3)22-16(19)9-11-7-13(8-11)21-15-10-12(18)5-6-14(15)20-4/h5-6,10-11,13H,7-9H2,1-4H3. The highest BCUT2D eigenvalue weighted by Gasteiger charge is 2.34. The molecule has 0 saturated heterocycles. The fourth-order valence-corrected chi connectivity index (χ4v) is 2.48. The molecule has 0 spiro atoms. The summed E-state index contributed by atoms with van der Waals surface area (Å²) < 4.78 is 29.5. The van der Waals surface area contributed by atoms with Crippen LogP contribution in [0, 0.1) is 11.7 Å². The molecule has 0 bridgehead atoms. The van der Waals surface area contributed by atoms with Crippen molar-refractivity contribution in [3.63, 3.8) is 0 Å². The number of hydrogen-bond acceptors (Lipinski definition) is 4. The number of carbonyl (C=O) groups excluding carboxylic acids is 1. The third-order valence-corrected chi connectivity index (χ3v) is 3.49. The Morgan fingerprint density at radius 2 is 1.95 bits per heavy atom. The van der Waals surface area contributed by atoms with Crippen molar-refractivity contribution in [2.45, 2.75) is 51.7 Å². The number of halogens is 1. The van der Waals surface area contributed by atoms with Crippen LogP contribution in [0.25, 0.3) is 0 Å². The van der Waals surface area contributed by atoms with E-state index in [2.05, 4.69) is 0 Å². The zero-order valence-corrected chi connectivity index (χ0v) is 13.5. The molecule has 0 aliphatic heterocycles. The van der Waals surface area contributed by atoms with Crippen LogP contribution in [0.2, 0.25) is 0 Å². The largest absolute Gasteiger partial charge is 0.493 e. The molecular formula is C17H23FO4. The Kier molecular flexibility index (Phi) is 4.94. The van der Waals surface area contributed by atoms with Gasteiger partial charge in [0.25, 0.3) is 0 Å². The highest BCUT2D eigenvalue weighted by molar-refractivity contribution is 5.70. The van der Waals surface area contributed by atoms with Crippen molar-refractivity contribution >= 4 is 5.97 Å². The number of hydrogen-bond donors (Lipinski definition) is 0. The summed E-state index contributed by atoms with van der Waals surface area (Å²) in [6.07, 6.45) is 1.91. The lowest BCUT2D eigenvalue weighted by molar-refractivity contribution is -0.157. The quantitative estimate of drug-likeness (QED) is 0.778. The van der Waals surface area contributed by atoms with Gasteiger partial charge in [0.1, 0.15) is 11.4 Å². The lowest BCUT2D eigenvalue weighted by Crippen LogP contribution is -2.36. The van der Waals surface area contributed by atoms with Gasteiger partial charge in [0.05, 0.1) is 13.2 Å². The van der Waals surface area contributed by atoms with Crippen molar-refractivity contribution in [2.24, 2.45) is 5.92 Å². The first kappa shape index (κ1) is 16.6. The molecule has 1 aromatic rings. The predicted octanol–water partition coefficient (Wildman–Crippen LogP) is 3.72. The molecule has 1 aliphatic carbocycles. The molecule has 0 aromatic heterocycles. The number of rotatable bonds is 5. The van der Waals surface area contributed by atoms with Crippen LogP contribution in [0.1, 0.15) is 40.0 Å². The van der Waals surface area contributed by atoms with E-state index in [1.165, 1.54) is 19.2 Å². The molecule has 4 nitrogen and oxygen atoms in total. The maximum Gasteiger partial charge on any atom is 0.306 e. The molecule has 0 N–H and O–H groups in total. The van der Waals surface area contributed by atoms with Crippen LogP contribution >= 0.6 is 0 Å². The van der Waals surface area contributed by atoms with E-state index in [-0.39, 0.29) is 23.8 Å². The molecule has 0 amide bonds. The van der Waals surface area contributed by atoms with Crippen molar-refractivity contribution < 1.29 is 23.4 Å². The van der Waals surface area contributed by atoms with Crippen molar-refractivity contribution in [2.75, 3.05) is 7.11 Å². The van der Waals surface area contributed by atoms with Crippen LogP contribution in [0.15, 0.2) is 18.2 Å². The highest BCUT2D eigenvalue weighted by atomic mass is 19.1. The molecule has 0 unspecified atom stereocenters. The minimum Gasteiger partial charge on any atom is -0.493 e. The van der Waals surface area contributed by atoms with E-state index in [1.54, 1.807) is 6.07 Å². The molecule has 2 rings (SSSR count). The van der Waals surface area contributed by atoms with E-state index >= 15 is 0 Å². The summed E-state index contributed by atoms with van der Waals surface area (Å²) in [5.74, 6) is 0.638. The summed E-state index contributed by atoms with van der Waals surface area (Å²) in [4.78, 5) is 11.7. The van der Waals surface area contributed by atoms with Gasteiger partial charge in [0.15, 0.2) is 11.5 Å². The molecule has 1 saturated carbocycles. The van der Waals surface area contributed by atoms with Crippen molar-refractivity contribution in [1.82, 2.24) is 0 Å². The lowest BCUT2D eigenvalue weighted by Gasteiger charge is -2.35. The second-order valence-corrected chi connectivity index (χ2v) is 6.66. The van der Waals surface area contributed by atoms with Crippen LogP contribution in [-0.4, -0.2) is 24.8 Å². The maximum absolute atomic E-state index is 13.3. The summed E-state index contributed by atoms with van der Waals surface area (Å²) in [5.41, 5.74) is -0.453. The van der Waals surface area contributed by atoms with Gasteiger partial charge < -0.3 is 14.2 Å². The summed E-state index contributed by atoms with van der Waals surface area (Å²) in [6, 6.07) is 4.19. The first-order chi connectivity index (χ1) is 10.3. The predicted molar refractivity (Wildman–Crippen MR) is 80.6 cm³/mol. The van der Waals surface area contributed by atoms with E-state index in [4.69, 9.17) is 14.2 Å². The monoisotopic (exact) mass is 310 g/mol. The summed E-state index contributed by atoms with van der Waals surface area (Å²) in [6.45, 7) is 5.56. The van der Waals surface area contributed by atoms with E-state index < -0.39 is 5.60 Å². The number of esters is 1. The van der Waals surface area contributed by atoms with Gasteiger partial charge >= 0.3 is 5.97 Å². The van der Waals surface area contributed by atoms with Crippen LogP contribution < -0.4 is 9.47 Å². The Bertz CT molecular complexity index is 530. The molecule has 0 heterocycles. The molecule has 5 heteroatoms. The van der Waals surface area contributed by atoms with E-state index in [0.29, 0.717) is 17.9 Å². The van der Waals surface area contributed by atoms with Crippen molar-refractivity contribution in [3.8, 4) is 11.5 Å². The van der Waals surface area contributed by atoms with E-state index in [9.17, 15) is 9.18 Å². The van der Waals surface area contributed by atoms with Gasteiger partial charge in [0, 0.05) is 12.5 Å². The molecule has 1 aliphatic rings. The first-order valence-corrected chi connectivity index (χ1v) is 7.49. The Hall–Kier alpha value is -1.78. The van der Waals surface area contributed by atoms with E-state index in [1.807, 2.05) is 20.8 Å². The smallest absolute Gasteiger partial charge is 0.306 e. The second kappa shape index (κ2) is 6.55. The minimum absolute atomic E-state index is 0.0110. The fourth-order valence-electron chi connectivity index (χ4n) is 2.48.